The molecule has 1 N–H and O–H groups in total. The van der Waals surface area contributed by atoms with Crippen LogP contribution in [0.3, 0.4) is 0 Å². The van der Waals surface area contributed by atoms with Gasteiger partial charge in [-0.1, -0.05) is 91.0 Å². The molecule has 0 aromatic heterocycles. The van der Waals surface area contributed by atoms with Crippen LogP contribution in [0.2, 0.25) is 0 Å². The van der Waals surface area contributed by atoms with Gasteiger partial charge in [0, 0.05) is 5.56 Å². The summed E-state index contributed by atoms with van der Waals surface area (Å²) in [5.41, 5.74) is 15.1. The van der Waals surface area contributed by atoms with E-state index in [0.717, 1.165) is 29.5 Å². The molecule has 0 radical (unpaired) electrons. The summed E-state index contributed by atoms with van der Waals surface area (Å²) >= 11 is 0. The zero-order valence-corrected chi connectivity index (χ0v) is 18.2. The van der Waals surface area contributed by atoms with Gasteiger partial charge in [0.2, 0.25) is 0 Å². The first-order valence-corrected chi connectivity index (χ1v) is 11.5. The monoisotopic (exact) mass is 422 g/mol. The highest BCUT2D eigenvalue weighted by atomic mass is 16.3. The number of benzene rings is 5. The Kier molecular flexibility index (Phi) is 3.89. The van der Waals surface area contributed by atoms with Crippen LogP contribution in [0.1, 0.15) is 22.3 Å². The van der Waals surface area contributed by atoms with E-state index >= 15 is 0 Å². The summed E-state index contributed by atoms with van der Waals surface area (Å²) in [6.07, 6.45) is 1.86. The minimum absolute atomic E-state index is 0.332. The van der Waals surface area contributed by atoms with Crippen molar-refractivity contribution in [1.82, 2.24) is 0 Å². The van der Waals surface area contributed by atoms with E-state index in [4.69, 9.17) is 0 Å². The maximum Gasteiger partial charge on any atom is 0.123 e. The molecule has 1 heteroatoms. The molecule has 7 rings (SSSR count). The van der Waals surface area contributed by atoms with Crippen molar-refractivity contribution in [2.24, 2.45) is 0 Å². The van der Waals surface area contributed by atoms with E-state index in [0.29, 0.717) is 5.75 Å². The predicted octanol–water partition coefficient (Wildman–Crippen LogP) is 7.87. The highest BCUT2D eigenvalue weighted by Gasteiger charge is 2.24. The fraction of sp³-hybridized carbons (Fsp3) is 0.0625. The fourth-order valence-electron chi connectivity index (χ4n) is 5.76. The van der Waals surface area contributed by atoms with Crippen LogP contribution in [0.15, 0.2) is 103 Å². The third kappa shape index (κ3) is 2.72. The lowest BCUT2D eigenvalue weighted by Gasteiger charge is -2.14. The summed E-state index contributed by atoms with van der Waals surface area (Å²) < 4.78 is 0. The van der Waals surface area contributed by atoms with Crippen LogP contribution < -0.4 is 0 Å². The molecular weight excluding hydrogens is 400 g/mol. The number of rotatable bonds is 2. The van der Waals surface area contributed by atoms with Gasteiger partial charge in [0.25, 0.3) is 0 Å². The molecule has 5 aromatic rings. The Labute approximate surface area is 193 Å². The van der Waals surface area contributed by atoms with E-state index in [1.165, 1.54) is 50.1 Å². The van der Waals surface area contributed by atoms with Gasteiger partial charge in [0.05, 0.1) is 0 Å². The molecule has 0 amide bonds. The molecular formula is C32H22O. The average Bonchev–Trinajstić information content (AvgIpc) is 3.43. The van der Waals surface area contributed by atoms with E-state index in [9.17, 15) is 5.11 Å². The number of aromatic hydroxyl groups is 1. The van der Waals surface area contributed by atoms with Crippen molar-refractivity contribution >= 4 is 0 Å². The number of hydrogen-bond donors (Lipinski definition) is 1. The van der Waals surface area contributed by atoms with Crippen molar-refractivity contribution in [1.29, 1.82) is 0 Å². The van der Waals surface area contributed by atoms with Crippen LogP contribution in [0.25, 0.3) is 44.5 Å². The van der Waals surface area contributed by atoms with Gasteiger partial charge in [-0.15, -0.1) is 0 Å². The van der Waals surface area contributed by atoms with Crippen LogP contribution in [-0.2, 0) is 12.8 Å². The average molecular weight is 423 g/mol. The zero-order valence-electron chi connectivity index (χ0n) is 18.2. The maximum atomic E-state index is 10.9. The molecule has 0 unspecified atom stereocenters. The Balaban J connectivity index is 1.38. The summed E-state index contributed by atoms with van der Waals surface area (Å²) in [5.74, 6) is 0.332. The number of phenolic OH excluding ortho intramolecular Hbond substituents is 1. The van der Waals surface area contributed by atoms with E-state index in [1.54, 1.807) is 0 Å². The molecule has 0 heterocycles. The summed E-state index contributed by atoms with van der Waals surface area (Å²) in [6, 6.07) is 36.4. The van der Waals surface area contributed by atoms with E-state index in [1.807, 2.05) is 6.07 Å². The molecule has 156 valence electrons. The Bertz CT molecular complexity index is 1570. The summed E-state index contributed by atoms with van der Waals surface area (Å²) in [4.78, 5) is 0. The molecule has 0 fully saturated rings. The molecule has 0 saturated carbocycles. The Hall–Kier alpha value is -4.10. The van der Waals surface area contributed by atoms with Crippen molar-refractivity contribution in [2.45, 2.75) is 12.8 Å². The van der Waals surface area contributed by atoms with Gasteiger partial charge in [0.15, 0.2) is 0 Å². The van der Waals surface area contributed by atoms with Crippen LogP contribution in [0.5, 0.6) is 5.75 Å². The van der Waals surface area contributed by atoms with Crippen LogP contribution >= 0.6 is 0 Å². The number of phenols is 1. The molecule has 5 aromatic carbocycles. The highest BCUT2D eigenvalue weighted by Crippen LogP contribution is 2.46. The predicted molar refractivity (Wildman–Crippen MR) is 135 cm³/mol. The lowest BCUT2D eigenvalue weighted by Crippen LogP contribution is -1.91. The SMILES string of the molecule is Oc1ccc(-c2cccc3c2Cc2ccccc2-3)cc1-c1cccc2c1Cc1ccccc1-2. The van der Waals surface area contributed by atoms with E-state index < -0.39 is 0 Å². The maximum absolute atomic E-state index is 10.9. The summed E-state index contributed by atoms with van der Waals surface area (Å²) in [7, 11) is 0. The van der Waals surface area contributed by atoms with Gasteiger partial charge in [0.1, 0.15) is 5.75 Å². The minimum Gasteiger partial charge on any atom is -0.507 e. The van der Waals surface area contributed by atoms with Gasteiger partial charge in [-0.2, -0.15) is 0 Å². The first-order valence-electron chi connectivity index (χ1n) is 11.5. The number of hydrogen-bond acceptors (Lipinski definition) is 1. The van der Waals surface area contributed by atoms with Gasteiger partial charge < -0.3 is 5.11 Å². The minimum atomic E-state index is 0.332. The van der Waals surface area contributed by atoms with Crippen molar-refractivity contribution in [3.05, 3.63) is 125 Å². The van der Waals surface area contributed by atoms with Crippen molar-refractivity contribution in [2.75, 3.05) is 0 Å². The lowest BCUT2D eigenvalue weighted by atomic mass is 9.90. The van der Waals surface area contributed by atoms with Gasteiger partial charge >= 0.3 is 0 Å². The molecule has 33 heavy (non-hydrogen) atoms. The molecule has 0 bridgehead atoms. The van der Waals surface area contributed by atoms with E-state index in [-0.39, 0.29) is 0 Å². The Morgan fingerprint density at radius 1 is 0.424 bits per heavy atom. The van der Waals surface area contributed by atoms with Crippen molar-refractivity contribution < 1.29 is 5.11 Å². The second-order valence-corrected chi connectivity index (χ2v) is 9.06. The van der Waals surface area contributed by atoms with Crippen molar-refractivity contribution in [3.63, 3.8) is 0 Å². The highest BCUT2D eigenvalue weighted by molar-refractivity contribution is 5.90. The van der Waals surface area contributed by atoms with Gasteiger partial charge in [-0.25, -0.2) is 0 Å². The van der Waals surface area contributed by atoms with Crippen LogP contribution in [-0.4, -0.2) is 5.11 Å². The van der Waals surface area contributed by atoms with E-state index in [2.05, 4.69) is 97.1 Å². The zero-order chi connectivity index (χ0) is 21.9. The van der Waals surface area contributed by atoms with Gasteiger partial charge in [-0.3, -0.25) is 0 Å². The quantitative estimate of drug-likeness (QED) is 0.300. The first-order chi connectivity index (χ1) is 16.3. The summed E-state index contributed by atoms with van der Waals surface area (Å²) in [5, 5.41) is 10.9. The molecule has 0 atom stereocenters. The topological polar surface area (TPSA) is 20.2 Å². The normalized spacial score (nSPS) is 12.7. The lowest BCUT2D eigenvalue weighted by molar-refractivity contribution is 0.477. The smallest absolute Gasteiger partial charge is 0.123 e. The Morgan fingerprint density at radius 3 is 1.55 bits per heavy atom. The Morgan fingerprint density at radius 2 is 0.909 bits per heavy atom. The second kappa shape index (κ2) is 6.95. The molecule has 0 saturated heterocycles. The van der Waals surface area contributed by atoms with Crippen molar-refractivity contribution in [3.8, 4) is 50.3 Å². The standard InChI is InChI=1S/C32H22O/c33-32-16-15-22(25-11-5-12-26-23-9-3-1-7-20(23)17-29(25)26)19-31(32)28-14-6-13-27-24-10-4-2-8-21(24)18-30(27)28/h1-16,19,33H,17-18H2. The second-order valence-electron chi connectivity index (χ2n) is 9.06. The first kappa shape index (κ1) is 18.5. The van der Waals surface area contributed by atoms with Crippen LogP contribution in [0.4, 0.5) is 0 Å². The third-order valence-electron chi connectivity index (χ3n) is 7.30. The fourth-order valence-corrected chi connectivity index (χ4v) is 5.76. The summed E-state index contributed by atoms with van der Waals surface area (Å²) in [6.45, 7) is 0. The molecule has 2 aliphatic carbocycles. The largest absolute Gasteiger partial charge is 0.507 e. The number of fused-ring (bicyclic) bond motifs is 6. The van der Waals surface area contributed by atoms with Gasteiger partial charge in [-0.05, 0) is 86.2 Å². The van der Waals surface area contributed by atoms with Crippen LogP contribution in [0, 0.1) is 0 Å². The third-order valence-corrected chi connectivity index (χ3v) is 7.30. The molecule has 1 nitrogen and oxygen atoms in total. The molecule has 2 aliphatic rings. The molecule has 0 spiro atoms. The molecule has 0 aliphatic heterocycles.